The fourth-order valence-electron chi connectivity index (χ4n) is 3.34. The third-order valence-corrected chi connectivity index (χ3v) is 4.75. The van der Waals surface area contributed by atoms with Crippen molar-refractivity contribution in [2.75, 3.05) is 38.2 Å². The van der Waals surface area contributed by atoms with Gasteiger partial charge >= 0.3 is 0 Å². The first-order chi connectivity index (χ1) is 12.7. The predicted octanol–water partition coefficient (Wildman–Crippen LogP) is 2.52. The van der Waals surface area contributed by atoms with Crippen molar-refractivity contribution >= 4 is 11.2 Å². The van der Waals surface area contributed by atoms with E-state index in [1.165, 1.54) is 19.2 Å². The number of methoxy groups -OCH3 is 1. The van der Waals surface area contributed by atoms with Gasteiger partial charge in [-0.15, -0.1) is 0 Å². The second-order valence-corrected chi connectivity index (χ2v) is 6.35. The lowest BCUT2D eigenvalue weighted by atomic mass is 10.1. The summed E-state index contributed by atoms with van der Waals surface area (Å²) in [6.45, 7) is 3.72. The first kappa shape index (κ1) is 16.6. The monoisotopic (exact) mass is 353 g/mol. The molecule has 1 aromatic carbocycles. The van der Waals surface area contributed by atoms with Crippen LogP contribution in [0.2, 0.25) is 0 Å². The standard InChI is InChI=1S/C20H20FN3O2/c1-26-19-5-2-14(11-18(19)21)15-10-16-3-4-17(13-24(16)20(25)12-15)23-8-6-22-7-9-23/h2-5,10-13,22H,6-9H2,1H3. The summed E-state index contributed by atoms with van der Waals surface area (Å²) in [4.78, 5) is 14.9. The Morgan fingerprint density at radius 1 is 1.04 bits per heavy atom. The fourth-order valence-corrected chi connectivity index (χ4v) is 3.34. The number of hydrogen-bond donors (Lipinski definition) is 1. The van der Waals surface area contributed by atoms with E-state index in [2.05, 4.69) is 10.2 Å². The molecule has 0 atom stereocenters. The summed E-state index contributed by atoms with van der Waals surface area (Å²) >= 11 is 0. The van der Waals surface area contributed by atoms with E-state index in [4.69, 9.17) is 4.74 Å². The van der Waals surface area contributed by atoms with E-state index in [0.717, 1.165) is 37.4 Å². The van der Waals surface area contributed by atoms with Gasteiger partial charge in [-0.25, -0.2) is 4.39 Å². The molecule has 1 fully saturated rings. The fraction of sp³-hybridized carbons (Fsp3) is 0.250. The molecule has 0 amide bonds. The molecule has 6 heteroatoms. The molecule has 4 rings (SSSR count). The Labute approximate surface area is 150 Å². The second kappa shape index (κ2) is 6.80. The molecule has 0 unspecified atom stereocenters. The topological polar surface area (TPSA) is 46.0 Å². The number of fused-ring (bicyclic) bond motifs is 1. The predicted molar refractivity (Wildman–Crippen MR) is 101 cm³/mol. The zero-order valence-corrected chi connectivity index (χ0v) is 14.5. The van der Waals surface area contributed by atoms with Crippen LogP contribution in [-0.4, -0.2) is 37.7 Å². The number of nitrogens with one attached hydrogen (secondary N) is 1. The van der Waals surface area contributed by atoms with Crippen molar-refractivity contribution in [2.24, 2.45) is 0 Å². The Morgan fingerprint density at radius 2 is 1.85 bits per heavy atom. The minimum absolute atomic E-state index is 0.134. The molecule has 26 heavy (non-hydrogen) atoms. The van der Waals surface area contributed by atoms with Gasteiger partial charge in [0.2, 0.25) is 0 Å². The second-order valence-electron chi connectivity index (χ2n) is 6.35. The molecule has 1 aliphatic rings. The third kappa shape index (κ3) is 3.04. The van der Waals surface area contributed by atoms with Gasteiger partial charge in [-0.05, 0) is 41.5 Å². The molecule has 0 spiro atoms. The smallest absolute Gasteiger partial charge is 0.255 e. The number of piperazine rings is 1. The van der Waals surface area contributed by atoms with Crippen molar-refractivity contribution in [3.63, 3.8) is 0 Å². The number of pyridine rings is 2. The van der Waals surface area contributed by atoms with E-state index in [9.17, 15) is 9.18 Å². The third-order valence-electron chi connectivity index (χ3n) is 4.75. The first-order valence-corrected chi connectivity index (χ1v) is 8.62. The molecule has 0 saturated carbocycles. The molecule has 3 heterocycles. The summed E-state index contributed by atoms with van der Waals surface area (Å²) in [5.41, 5.74) is 3.01. The van der Waals surface area contributed by atoms with E-state index in [1.54, 1.807) is 16.5 Å². The van der Waals surface area contributed by atoms with Gasteiger partial charge in [0, 0.05) is 44.0 Å². The highest BCUT2D eigenvalue weighted by Crippen LogP contribution is 2.26. The van der Waals surface area contributed by atoms with Gasteiger partial charge in [0.1, 0.15) is 0 Å². The zero-order valence-electron chi connectivity index (χ0n) is 14.5. The number of rotatable bonds is 3. The minimum atomic E-state index is -0.445. The summed E-state index contributed by atoms with van der Waals surface area (Å²) in [7, 11) is 1.43. The van der Waals surface area contributed by atoms with Crippen LogP contribution in [0, 0.1) is 5.82 Å². The van der Waals surface area contributed by atoms with Crippen molar-refractivity contribution in [1.29, 1.82) is 0 Å². The summed E-state index contributed by atoms with van der Waals surface area (Å²) in [5.74, 6) is -0.258. The number of nitrogens with zero attached hydrogens (tertiary/aromatic N) is 2. The molecular weight excluding hydrogens is 333 g/mol. The molecule has 5 nitrogen and oxygen atoms in total. The number of hydrogen-bond acceptors (Lipinski definition) is 4. The molecule has 1 aliphatic heterocycles. The van der Waals surface area contributed by atoms with Gasteiger partial charge in [-0.3, -0.25) is 9.20 Å². The molecule has 0 aliphatic carbocycles. The maximum Gasteiger partial charge on any atom is 0.255 e. The van der Waals surface area contributed by atoms with Crippen LogP contribution in [-0.2, 0) is 0 Å². The molecule has 0 radical (unpaired) electrons. The minimum Gasteiger partial charge on any atom is -0.494 e. The van der Waals surface area contributed by atoms with Crippen LogP contribution in [0.5, 0.6) is 5.75 Å². The highest BCUT2D eigenvalue weighted by Gasteiger charge is 2.12. The molecule has 1 N–H and O–H groups in total. The van der Waals surface area contributed by atoms with Crippen molar-refractivity contribution in [3.05, 3.63) is 64.8 Å². The van der Waals surface area contributed by atoms with Crippen LogP contribution < -0.4 is 20.5 Å². The molecule has 134 valence electrons. The molecule has 1 saturated heterocycles. The van der Waals surface area contributed by atoms with E-state index >= 15 is 0 Å². The van der Waals surface area contributed by atoms with Crippen molar-refractivity contribution in [3.8, 4) is 16.9 Å². The number of ether oxygens (including phenoxy) is 1. The lowest BCUT2D eigenvalue weighted by molar-refractivity contribution is 0.386. The van der Waals surface area contributed by atoms with Gasteiger partial charge in [0.15, 0.2) is 11.6 Å². The van der Waals surface area contributed by atoms with Gasteiger partial charge < -0.3 is 15.0 Å². The number of halogens is 1. The Hall–Kier alpha value is -2.86. The van der Waals surface area contributed by atoms with Crippen molar-refractivity contribution in [1.82, 2.24) is 9.72 Å². The number of aromatic nitrogens is 1. The van der Waals surface area contributed by atoms with E-state index < -0.39 is 5.82 Å². The summed E-state index contributed by atoms with van der Waals surface area (Å²) in [5, 5.41) is 3.32. The molecule has 2 aromatic heterocycles. The first-order valence-electron chi connectivity index (χ1n) is 8.62. The van der Waals surface area contributed by atoms with Crippen LogP contribution in [0.4, 0.5) is 10.1 Å². The maximum absolute atomic E-state index is 14.0. The van der Waals surface area contributed by atoms with E-state index in [-0.39, 0.29) is 11.3 Å². The number of benzene rings is 1. The Bertz CT molecular complexity index is 1010. The van der Waals surface area contributed by atoms with Crippen molar-refractivity contribution < 1.29 is 9.13 Å². The molecule has 0 bridgehead atoms. The lowest BCUT2D eigenvalue weighted by Crippen LogP contribution is -2.43. The highest BCUT2D eigenvalue weighted by atomic mass is 19.1. The van der Waals surface area contributed by atoms with Crippen LogP contribution in [0.25, 0.3) is 16.6 Å². The van der Waals surface area contributed by atoms with Gasteiger partial charge in [0.25, 0.3) is 5.56 Å². The van der Waals surface area contributed by atoms with E-state index in [1.807, 2.05) is 24.4 Å². The van der Waals surface area contributed by atoms with Crippen LogP contribution in [0.3, 0.4) is 0 Å². The zero-order chi connectivity index (χ0) is 18.1. The Kier molecular flexibility index (Phi) is 4.34. The molecule has 3 aromatic rings. The van der Waals surface area contributed by atoms with Gasteiger partial charge in [0.05, 0.1) is 12.8 Å². The lowest BCUT2D eigenvalue weighted by Gasteiger charge is -2.29. The maximum atomic E-state index is 14.0. The quantitative estimate of drug-likeness (QED) is 0.786. The van der Waals surface area contributed by atoms with Crippen LogP contribution in [0.1, 0.15) is 0 Å². The Balaban J connectivity index is 1.75. The largest absolute Gasteiger partial charge is 0.494 e. The van der Waals surface area contributed by atoms with Crippen LogP contribution >= 0.6 is 0 Å². The van der Waals surface area contributed by atoms with Crippen molar-refractivity contribution in [2.45, 2.75) is 0 Å². The average Bonchev–Trinajstić information content (AvgIpc) is 2.68. The summed E-state index contributed by atoms with van der Waals surface area (Å²) in [6, 6.07) is 12.1. The SMILES string of the molecule is COc1ccc(-c2cc(=O)n3cc(N4CCNCC4)ccc3c2)cc1F. The molecular formula is C20H20FN3O2. The van der Waals surface area contributed by atoms with Crippen LogP contribution in [0.15, 0.2) is 53.5 Å². The summed E-state index contributed by atoms with van der Waals surface area (Å²) in [6.07, 6.45) is 1.88. The highest BCUT2D eigenvalue weighted by molar-refractivity contribution is 5.70. The van der Waals surface area contributed by atoms with Gasteiger partial charge in [-0.2, -0.15) is 0 Å². The van der Waals surface area contributed by atoms with Gasteiger partial charge in [-0.1, -0.05) is 6.07 Å². The number of anilines is 1. The van der Waals surface area contributed by atoms with E-state index in [0.29, 0.717) is 11.1 Å². The summed E-state index contributed by atoms with van der Waals surface area (Å²) < 4.78 is 20.6. The average molecular weight is 353 g/mol. The normalized spacial score (nSPS) is 14.6. The Morgan fingerprint density at radius 3 is 2.58 bits per heavy atom.